The number of rotatable bonds is 5. The minimum Gasteiger partial charge on any atom is -0.292 e. The van der Waals surface area contributed by atoms with Crippen LogP contribution in [0.15, 0.2) is 61.2 Å². The van der Waals surface area contributed by atoms with Crippen LogP contribution < -0.4 is 0 Å². The second kappa shape index (κ2) is 6.49. The maximum absolute atomic E-state index is 4.44. The Balaban J connectivity index is 1.78. The minimum absolute atomic E-state index is 0.237. The summed E-state index contributed by atoms with van der Waals surface area (Å²) in [5.41, 5.74) is 2.22. The highest BCUT2D eigenvalue weighted by Crippen LogP contribution is 2.19. The van der Waals surface area contributed by atoms with Crippen molar-refractivity contribution in [3.63, 3.8) is 0 Å². The fourth-order valence-electron chi connectivity index (χ4n) is 2.40. The van der Waals surface area contributed by atoms with Gasteiger partial charge in [-0.15, -0.1) is 0 Å². The molecule has 22 heavy (non-hydrogen) atoms. The van der Waals surface area contributed by atoms with E-state index in [0.29, 0.717) is 5.95 Å². The quantitative estimate of drug-likeness (QED) is 0.725. The zero-order valence-corrected chi connectivity index (χ0v) is 12.8. The summed E-state index contributed by atoms with van der Waals surface area (Å²) in [6.07, 6.45) is 7.34. The van der Waals surface area contributed by atoms with Gasteiger partial charge in [0.2, 0.25) is 5.95 Å². The van der Waals surface area contributed by atoms with Gasteiger partial charge in [-0.1, -0.05) is 6.07 Å². The predicted octanol–water partition coefficient (Wildman–Crippen LogP) is 2.86. The molecule has 1 atom stereocenters. The molecule has 0 aliphatic rings. The van der Waals surface area contributed by atoms with Gasteiger partial charge < -0.3 is 0 Å². The fraction of sp³-hybridized carbons (Fsp3) is 0.235. The van der Waals surface area contributed by atoms with Gasteiger partial charge in [-0.05, 0) is 44.3 Å². The summed E-state index contributed by atoms with van der Waals surface area (Å²) < 4.78 is 2.02. The second-order valence-electron chi connectivity index (χ2n) is 5.26. The summed E-state index contributed by atoms with van der Waals surface area (Å²) in [4.78, 5) is 15.3. The van der Waals surface area contributed by atoms with E-state index < -0.39 is 0 Å². The Morgan fingerprint density at radius 3 is 2.50 bits per heavy atom. The summed E-state index contributed by atoms with van der Waals surface area (Å²) in [6.45, 7) is 2.96. The molecule has 112 valence electrons. The Morgan fingerprint density at radius 2 is 1.77 bits per heavy atom. The molecule has 0 aliphatic carbocycles. The van der Waals surface area contributed by atoms with Crippen LogP contribution in [-0.2, 0) is 6.54 Å². The Labute approximate surface area is 130 Å². The van der Waals surface area contributed by atoms with Crippen LogP contribution in [0.4, 0.5) is 0 Å². The second-order valence-corrected chi connectivity index (χ2v) is 5.26. The van der Waals surface area contributed by atoms with Crippen molar-refractivity contribution < 1.29 is 0 Å². The van der Waals surface area contributed by atoms with Crippen molar-refractivity contribution in [2.75, 3.05) is 7.05 Å². The van der Waals surface area contributed by atoms with Crippen LogP contribution >= 0.6 is 0 Å². The molecule has 3 aromatic heterocycles. The molecule has 0 aliphatic heterocycles. The molecule has 1 unspecified atom stereocenters. The van der Waals surface area contributed by atoms with Crippen LogP contribution in [0.25, 0.3) is 5.95 Å². The summed E-state index contributed by atoms with van der Waals surface area (Å²) >= 11 is 0. The Bertz CT molecular complexity index is 708. The van der Waals surface area contributed by atoms with Gasteiger partial charge in [-0.25, -0.2) is 9.97 Å². The van der Waals surface area contributed by atoms with E-state index in [2.05, 4.69) is 46.0 Å². The molecule has 3 rings (SSSR count). The van der Waals surface area contributed by atoms with Crippen molar-refractivity contribution in [1.82, 2.24) is 24.4 Å². The van der Waals surface area contributed by atoms with E-state index in [0.717, 1.165) is 17.9 Å². The average Bonchev–Trinajstić information content (AvgIpc) is 3.04. The third-order valence-corrected chi connectivity index (χ3v) is 3.79. The standard InChI is InChI=1S/C17H19N5/c1-14(16-8-3-4-9-18-16)21(2)13-15-7-5-12-22(15)17-19-10-6-11-20-17/h3-12,14H,13H2,1-2H3. The number of hydrogen-bond donors (Lipinski definition) is 0. The normalized spacial score (nSPS) is 12.5. The molecule has 5 heteroatoms. The van der Waals surface area contributed by atoms with E-state index in [-0.39, 0.29) is 6.04 Å². The minimum atomic E-state index is 0.237. The first-order valence-electron chi connectivity index (χ1n) is 7.30. The lowest BCUT2D eigenvalue weighted by Crippen LogP contribution is -2.24. The molecule has 0 N–H and O–H groups in total. The molecule has 0 saturated carbocycles. The Hall–Kier alpha value is -2.53. The Kier molecular flexibility index (Phi) is 4.25. The van der Waals surface area contributed by atoms with Gasteiger partial charge in [0.25, 0.3) is 0 Å². The van der Waals surface area contributed by atoms with Gasteiger partial charge >= 0.3 is 0 Å². The first-order chi connectivity index (χ1) is 10.8. The monoisotopic (exact) mass is 293 g/mol. The van der Waals surface area contributed by atoms with Crippen molar-refractivity contribution in [2.45, 2.75) is 19.5 Å². The van der Waals surface area contributed by atoms with Gasteiger partial charge in [0.15, 0.2) is 0 Å². The number of nitrogens with zero attached hydrogens (tertiary/aromatic N) is 5. The molecule has 0 spiro atoms. The number of hydrogen-bond acceptors (Lipinski definition) is 4. The molecular weight excluding hydrogens is 274 g/mol. The van der Waals surface area contributed by atoms with E-state index in [1.807, 2.05) is 41.2 Å². The van der Waals surface area contributed by atoms with Crippen molar-refractivity contribution in [2.24, 2.45) is 0 Å². The topological polar surface area (TPSA) is 46.8 Å². The first-order valence-corrected chi connectivity index (χ1v) is 7.30. The van der Waals surface area contributed by atoms with E-state index in [1.54, 1.807) is 12.4 Å². The van der Waals surface area contributed by atoms with Crippen molar-refractivity contribution in [3.8, 4) is 5.95 Å². The SMILES string of the molecule is CC(c1ccccn1)N(C)Cc1cccn1-c1ncccn1. The molecular formula is C17H19N5. The molecule has 0 saturated heterocycles. The largest absolute Gasteiger partial charge is 0.292 e. The van der Waals surface area contributed by atoms with Crippen LogP contribution in [0.1, 0.15) is 24.4 Å². The predicted molar refractivity (Wildman–Crippen MR) is 85.5 cm³/mol. The summed E-state index contributed by atoms with van der Waals surface area (Å²) in [6, 6.07) is 12.2. The first kappa shape index (κ1) is 14.4. The van der Waals surface area contributed by atoms with Crippen molar-refractivity contribution in [3.05, 3.63) is 72.6 Å². The van der Waals surface area contributed by atoms with Gasteiger partial charge in [-0.2, -0.15) is 0 Å². The molecule has 5 nitrogen and oxygen atoms in total. The molecule has 3 aromatic rings. The highest BCUT2D eigenvalue weighted by molar-refractivity contribution is 5.20. The zero-order valence-electron chi connectivity index (χ0n) is 12.8. The van der Waals surface area contributed by atoms with E-state index in [9.17, 15) is 0 Å². The van der Waals surface area contributed by atoms with E-state index in [1.165, 1.54) is 0 Å². The molecule has 0 bridgehead atoms. The average molecular weight is 293 g/mol. The molecule has 3 heterocycles. The highest BCUT2D eigenvalue weighted by atomic mass is 15.2. The molecule has 0 aromatic carbocycles. The lowest BCUT2D eigenvalue weighted by atomic mass is 10.2. The third kappa shape index (κ3) is 3.04. The smallest absolute Gasteiger partial charge is 0.233 e. The molecule has 0 fully saturated rings. The lowest BCUT2D eigenvalue weighted by Gasteiger charge is -2.24. The van der Waals surface area contributed by atoms with Gasteiger partial charge in [-0.3, -0.25) is 14.5 Å². The van der Waals surface area contributed by atoms with Crippen LogP contribution in [0, 0.1) is 0 Å². The van der Waals surface area contributed by atoms with Crippen molar-refractivity contribution >= 4 is 0 Å². The molecule has 0 radical (unpaired) electrons. The summed E-state index contributed by atoms with van der Waals surface area (Å²) in [5.74, 6) is 0.696. The Morgan fingerprint density at radius 1 is 1.00 bits per heavy atom. The van der Waals surface area contributed by atoms with Crippen LogP contribution in [0.3, 0.4) is 0 Å². The fourth-order valence-corrected chi connectivity index (χ4v) is 2.40. The lowest BCUT2D eigenvalue weighted by molar-refractivity contribution is 0.244. The summed E-state index contributed by atoms with van der Waals surface area (Å²) in [7, 11) is 2.10. The zero-order chi connectivity index (χ0) is 15.4. The number of pyridine rings is 1. The highest BCUT2D eigenvalue weighted by Gasteiger charge is 2.15. The maximum Gasteiger partial charge on any atom is 0.233 e. The van der Waals surface area contributed by atoms with Crippen molar-refractivity contribution in [1.29, 1.82) is 0 Å². The summed E-state index contributed by atoms with van der Waals surface area (Å²) in [5, 5.41) is 0. The van der Waals surface area contributed by atoms with E-state index >= 15 is 0 Å². The van der Waals surface area contributed by atoms with Crippen LogP contribution in [0.5, 0.6) is 0 Å². The van der Waals surface area contributed by atoms with Gasteiger partial charge in [0.1, 0.15) is 0 Å². The molecule has 0 amide bonds. The third-order valence-electron chi connectivity index (χ3n) is 3.79. The maximum atomic E-state index is 4.44. The van der Waals surface area contributed by atoms with Gasteiger partial charge in [0.05, 0.1) is 5.69 Å². The number of aromatic nitrogens is 4. The van der Waals surface area contributed by atoms with Crippen LogP contribution in [0.2, 0.25) is 0 Å². The van der Waals surface area contributed by atoms with E-state index in [4.69, 9.17) is 0 Å². The van der Waals surface area contributed by atoms with Crippen LogP contribution in [-0.4, -0.2) is 31.5 Å². The van der Waals surface area contributed by atoms with Gasteiger partial charge in [0, 0.05) is 43.1 Å².